The predicted molar refractivity (Wildman–Crippen MR) is 81.4 cm³/mol. The average molecular weight is 309 g/mol. The Balaban J connectivity index is 2.52. The summed E-state index contributed by atoms with van der Waals surface area (Å²) in [7, 11) is -3.90. The third-order valence-corrected chi connectivity index (χ3v) is 4.12. The number of sulfonamides is 1. The van der Waals surface area contributed by atoms with Crippen molar-refractivity contribution in [3.8, 4) is 0 Å². The van der Waals surface area contributed by atoms with Gasteiger partial charge in [-0.1, -0.05) is 6.07 Å². The highest BCUT2D eigenvalue weighted by Crippen LogP contribution is 2.29. The Labute approximate surface area is 122 Å². The van der Waals surface area contributed by atoms with E-state index in [1.165, 1.54) is 18.2 Å². The molecule has 0 saturated heterocycles. The Morgan fingerprint density at radius 3 is 2.33 bits per heavy atom. The fourth-order valence-electron chi connectivity index (χ4n) is 2.00. The largest absolute Gasteiger partial charge is 0.399 e. The van der Waals surface area contributed by atoms with E-state index < -0.39 is 15.8 Å². The second-order valence-corrected chi connectivity index (χ2v) is 6.37. The first-order valence-electron chi connectivity index (χ1n) is 6.14. The third-order valence-electron chi connectivity index (χ3n) is 3.08. The van der Waals surface area contributed by atoms with Crippen molar-refractivity contribution in [1.82, 2.24) is 0 Å². The van der Waals surface area contributed by atoms with Crippen LogP contribution in [0, 0.1) is 19.7 Å². The minimum Gasteiger partial charge on any atom is -0.399 e. The Morgan fingerprint density at radius 2 is 1.76 bits per heavy atom. The van der Waals surface area contributed by atoms with E-state index in [0.29, 0.717) is 11.3 Å². The van der Waals surface area contributed by atoms with Crippen LogP contribution in [-0.2, 0) is 10.0 Å². The van der Waals surface area contributed by atoms with Gasteiger partial charge in [0, 0.05) is 11.4 Å². The number of halogens is 1. The van der Waals surface area contributed by atoms with Crippen LogP contribution >= 0.6 is 0 Å². The summed E-state index contributed by atoms with van der Waals surface area (Å²) < 4.78 is 37.0. The molecule has 0 aliphatic carbocycles. The van der Waals surface area contributed by atoms with Gasteiger partial charge in [-0.15, -0.1) is 0 Å². The molecule has 0 unspecified atom stereocenters. The van der Waals surface area contributed by atoms with Crippen LogP contribution in [0.1, 0.15) is 11.1 Å². The van der Waals surface area contributed by atoms with E-state index in [-0.39, 0.29) is 16.3 Å². The molecule has 0 aromatic heterocycles. The molecular weight excluding hydrogens is 293 g/mol. The molecule has 21 heavy (non-hydrogen) atoms. The number of hydrogen-bond donors (Lipinski definition) is 3. The number of rotatable bonds is 3. The summed E-state index contributed by atoms with van der Waals surface area (Å²) in [4.78, 5) is -0.0856. The van der Waals surface area contributed by atoms with E-state index in [2.05, 4.69) is 5.32 Å². The first-order valence-corrected chi connectivity index (χ1v) is 7.69. The minimum absolute atomic E-state index is 0.0856. The Kier molecular flexibility index (Phi) is 3.89. The molecule has 0 atom stereocenters. The van der Waals surface area contributed by atoms with Gasteiger partial charge in [-0.05, 0) is 49.2 Å². The quantitative estimate of drug-likeness (QED) is 0.758. The van der Waals surface area contributed by atoms with Gasteiger partial charge in [0.1, 0.15) is 5.82 Å². The second-order valence-electron chi connectivity index (χ2n) is 4.84. The summed E-state index contributed by atoms with van der Waals surface area (Å²) in [5.74, 6) is -0.436. The molecule has 0 amide bonds. The molecule has 0 bridgehead atoms. The van der Waals surface area contributed by atoms with Crippen molar-refractivity contribution in [3.05, 3.63) is 47.3 Å². The first-order chi connectivity index (χ1) is 9.68. The van der Waals surface area contributed by atoms with Crippen LogP contribution in [0.5, 0.6) is 0 Å². The van der Waals surface area contributed by atoms with Crippen LogP contribution in [0.25, 0.3) is 0 Å². The molecule has 2 rings (SSSR count). The van der Waals surface area contributed by atoms with Crippen molar-refractivity contribution in [2.24, 2.45) is 5.14 Å². The lowest BCUT2D eigenvalue weighted by Gasteiger charge is -2.14. The first kappa shape index (κ1) is 15.3. The topological polar surface area (TPSA) is 98.2 Å². The molecule has 112 valence electrons. The molecule has 0 heterocycles. The van der Waals surface area contributed by atoms with Crippen LogP contribution < -0.4 is 16.2 Å². The summed E-state index contributed by atoms with van der Waals surface area (Å²) >= 11 is 0. The Morgan fingerprint density at radius 1 is 1.10 bits per heavy atom. The molecule has 0 saturated carbocycles. The number of nitrogen functional groups attached to an aromatic ring is 1. The number of primary sulfonamides is 1. The zero-order valence-corrected chi connectivity index (χ0v) is 12.5. The number of hydrogen-bond acceptors (Lipinski definition) is 4. The standard InChI is InChI=1S/C14H16FN3O2S/c1-8-3-4-12(11(15)5-8)18-13-6-10(16)7-14(9(13)2)21(17,19)20/h3-7,18H,16H2,1-2H3,(H2,17,19,20). The van der Waals surface area contributed by atoms with Crippen molar-refractivity contribution < 1.29 is 12.8 Å². The third kappa shape index (κ3) is 3.32. The van der Waals surface area contributed by atoms with E-state index in [1.807, 2.05) is 0 Å². The van der Waals surface area contributed by atoms with Crippen molar-refractivity contribution in [2.45, 2.75) is 18.7 Å². The van der Waals surface area contributed by atoms with E-state index in [4.69, 9.17) is 10.9 Å². The molecule has 5 N–H and O–H groups in total. The molecule has 5 nitrogen and oxygen atoms in total. The van der Waals surface area contributed by atoms with Crippen LogP contribution in [-0.4, -0.2) is 8.42 Å². The van der Waals surface area contributed by atoms with Gasteiger partial charge in [0.2, 0.25) is 10.0 Å². The van der Waals surface area contributed by atoms with Crippen molar-refractivity contribution in [1.29, 1.82) is 0 Å². The molecule has 0 spiro atoms. The average Bonchev–Trinajstić information content (AvgIpc) is 2.35. The van der Waals surface area contributed by atoms with E-state index in [1.54, 1.807) is 26.0 Å². The van der Waals surface area contributed by atoms with Crippen LogP contribution in [0.4, 0.5) is 21.5 Å². The van der Waals surface area contributed by atoms with Crippen molar-refractivity contribution in [2.75, 3.05) is 11.1 Å². The molecule has 0 aliphatic rings. The lowest BCUT2D eigenvalue weighted by atomic mass is 10.1. The number of anilines is 3. The van der Waals surface area contributed by atoms with Crippen molar-refractivity contribution in [3.63, 3.8) is 0 Å². The molecular formula is C14H16FN3O2S. The molecule has 7 heteroatoms. The summed E-state index contributed by atoms with van der Waals surface area (Å²) in [5, 5.41) is 8.00. The lowest BCUT2D eigenvalue weighted by molar-refractivity contribution is 0.597. The lowest BCUT2D eigenvalue weighted by Crippen LogP contribution is -2.15. The summed E-state index contributed by atoms with van der Waals surface area (Å²) in [5.41, 5.74) is 7.70. The monoisotopic (exact) mass is 309 g/mol. The van der Waals surface area contributed by atoms with Gasteiger partial charge in [0.15, 0.2) is 0 Å². The highest BCUT2D eigenvalue weighted by atomic mass is 32.2. The van der Waals surface area contributed by atoms with Crippen molar-refractivity contribution >= 4 is 27.1 Å². The van der Waals surface area contributed by atoms with Gasteiger partial charge < -0.3 is 11.1 Å². The van der Waals surface area contributed by atoms with E-state index in [9.17, 15) is 12.8 Å². The maximum Gasteiger partial charge on any atom is 0.238 e. The van der Waals surface area contributed by atoms with Gasteiger partial charge in [0.05, 0.1) is 10.6 Å². The smallest absolute Gasteiger partial charge is 0.238 e. The molecule has 0 fully saturated rings. The number of aryl methyl sites for hydroxylation is 1. The number of nitrogens with one attached hydrogen (secondary N) is 1. The highest BCUT2D eigenvalue weighted by molar-refractivity contribution is 7.89. The second kappa shape index (κ2) is 5.34. The van der Waals surface area contributed by atoms with Crippen LogP contribution in [0.15, 0.2) is 35.2 Å². The Hall–Kier alpha value is -2.12. The fourth-order valence-corrected chi connectivity index (χ4v) is 2.84. The molecule has 0 aliphatic heterocycles. The minimum atomic E-state index is -3.90. The predicted octanol–water partition coefficient (Wildman–Crippen LogP) is 2.42. The zero-order chi connectivity index (χ0) is 15.8. The van der Waals surface area contributed by atoms with Gasteiger partial charge in [-0.25, -0.2) is 17.9 Å². The number of nitrogens with two attached hydrogens (primary N) is 2. The molecule has 2 aromatic rings. The van der Waals surface area contributed by atoms with Crippen LogP contribution in [0.3, 0.4) is 0 Å². The normalized spacial score (nSPS) is 11.4. The van der Waals surface area contributed by atoms with Crippen LogP contribution in [0.2, 0.25) is 0 Å². The summed E-state index contributed by atoms with van der Waals surface area (Å²) in [6, 6.07) is 7.51. The Bertz CT molecular complexity index is 804. The van der Waals surface area contributed by atoms with E-state index >= 15 is 0 Å². The molecule has 0 radical (unpaired) electrons. The zero-order valence-electron chi connectivity index (χ0n) is 11.6. The van der Waals surface area contributed by atoms with Gasteiger partial charge >= 0.3 is 0 Å². The maximum absolute atomic E-state index is 13.9. The van der Waals surface area contributed by atoms with Gasteiger partial charge in [0.25, 0.3) is 0 Å². The van der Waals surface area contributed by atoms with Gasteiger partial charge in [-0.3, -0.25) is 0 Å². The summed E-state index contributed by atoms with van der Waals surface area (Å²) in [6.07, 6.45) is 0. The van der Waals surface area contributed by atoms with Gasteiger partial charge in [-0.2, -0.15) is 0 Å². The maximum atomic E-state index is 13.9. The highest BCUT2D eigenvalue weighted by Gasteiger charge is 2.16. The van der Waals surface area contributed by atoms with E-state index in [0.717, 1.165) is 5.56 Å². The fraction of sp³-hybridized carbons (Fsp3) is 0.143. The molecule has 2 aromatic carbocycles. The number of benzene rings is 2. The summed E-state index contributed by atoms with van der Waals surface area (Å²) in [6.45, 7) is 3.35. The SMILES string of the molecule is Cc1ccc(Nc2cc(N)cc(S(N)(=O)=O)c2C)c(F)c1.